The number of carbonyl (C=O) groups is 2. The number of amides is 2. The molecular formula is C25H32N4O3S2. The Hall–Kier alpha value is -2.23. The summed E-state index contributed by atoms with van der Waals surface area (Å²) in [6.07, 6.45) is 8.14. The topological polar surface area (TPSA) is 75.6 Å². The van der Waals surface area contributed by atoms with Crippen LogP contribution in [-0.4, -0.2) is 54.3 Å². The molecule has 2 amide bonds. The van der Waals surface area contributed by atoms with Crippen molar-refractivity contribution in [3.63, 3.8) is 0 Å². The molecule has 3 aliphatic rings. The Labute approximate surface area is 208 Å². The number of thiophene rings is 1. The maximum atomic E-state index is 13.0. The predicted molar refractivity (Wildman–Crippen MR) is 138 cm³/mol. The molecule has 2 aliphatic heterocycles. The zero-order valence-corrected chi connectivity index (χ0v) is 21.4. The summed E-state index contributed by atoms with van der Waals surface area (Å²) in [5.74, 6) is -0.0930. The molecule has 2 unspecified atom stereocenters. The number of urea groups is 1. The fraction of sp³-hybridized carbons (Fsp3) is 0.520. The van der Waals surface area contributed by atoms with E-state index in [9.17, 15) is 9.59 Å². The van der Waals surface area contributed by atoms with Gasteiger partial charge in [-0.25, -0.2) is 9.59 Å². The lowest BCUT2D eigenvalue weighted by molar-refractivity contribution is 0.0527. The van der Waals surface area contributed by atoms with Crippen LogP contribution in [0.4, 0.5) is 9.80 Å². The van der Waals surface area contributed by atoms with E-state index in [0.29, 0.717) is 23.7 Å². The van der Waals surface area contributed by atoms with Crippen molar-refractivity contribution in [2.45, 2.75) is 44.9 Å². The molecule has 182 valence electrons. The summed E-state index contributed by atoms with van der Waals surface area (Å²) in [6, 6.07) is 3.85. The number of ether oxygens (including phenoxy) is 1. The van der Waals surface area contributed by atoms with Crippen LogP contribution in [0, 0.1) is 5.92 Å². The molecule has 2 atom stereocenters. The van der Waals surface area contributed by atoms with E-state index in [4.69, 9.17) is 4.74 Å². The zero-order valence-electron chi connectivity index (χ0n) is 19.8. The molecule has 2 aromatic rings. The second-order valence-corrected chi connectivity index (χ2v) is 11.2. The van der Waals surface area contributed by atoms with Crippen molar-refractivity contribution in [1.29, 1.82) is 0 Å². The second kappa shape index (κ2) is 10.2. The lowest BCUT2D eigenvalue weighted by atomic mass is 9.93. The summed E-state index contributed by atoms with van der Waals surface area (Å²) in [5.41, 5.74) is 3.08. The van der Waals surface area contributed by atoms with E-state index >= 15 is 0 Å². The first-order valence-corrected chi connectivity index (χ1v) is 13.9. The number of aromatic nitrogens is 1. The highest BCUT2D eigenvalue weighted by Crippen LogP contribution is 2.51. The van der Waals surface area contributed by atoms with Crippen LogP contribution in [0.3, 0.4) is 0 Å². The van der Waals surface area contributed by atoms with E-state index in [1.54, 1.807) is 6.92 Å². The van der Waals surface area contributed by atoms with E-state index in [-0.39, 0.29) is 23.3 Å². The Morgan fingerprint density at radius 3 is 2.76 bits per heavy atom. The first-order valence-electron chi connectivity index (χ1n) is 12.2. The van der Waals surface area contributed by atoms with Crippen molar-refractivity contribution in [3.8, 4) is 0 Å². The van der Waals surface area contributed by atoms with E-state index in [1.165, 1.54) is 26.7 Å². The van der Waals surface area contributed by atoms with Gasteiger partial charge in [0, 0.05) is 47.7 Å². The minimum atomic E-state index is -0.338. The number of hydrogen-bond acceptors (Lipinski definition) is 6. The van der Waals surface area contributed by atoms with Gasteiger partial charge in [-0.1, -0.05) is 12.5 Å². The number of hydrogen-bond donors (Lipinski definition) is 2. The highest BCUT2D eigenvalue weighted by Gasteiger charge is 2.38. The maximum absolute atomic E-state index is 13.0. The molecule has 0 aromatic carbocycles. The van der Waals surface area contributed by atoms with E-state index in [0.717, 1.165) is 50.9 Å². The van der Waals surface area contributed by atoms with Gasteiger partial charge in [0.25, 0.3) is 0 Å². The van der Waals surface area contributed by atoms with Crippen LogP contribution in [0.15, 0.2) is 35.0 Å². The SMILES string of the molecule is CCOC(=O)c1c(NC(=O)NCC2C3=C(CN(CC)CC3)SC2n2cccc2)sc2c1CCC2. The third-order valence-corrected chi connectivity index (χ3v) is 9.65. The van der Waals surface area contributed by atoms with Gasteiger partial charge in [0.15, 0.2) is 0 Å². The van der Waals surface area contributed by atoms with Crippen LogP contribution in [0.25, 0.3) is 0 Å². The molecule has 7 nitrogen and oxygen atoms in total. The Kier molecular flexibility index (Phi) is 7.04. The highest BCUT2D eigenvalue weighted by molar-refractivity contribution is 8.03. The van der Waals surface area contributed by atoms with Crippen molar-refractivity contribution >= 4 is 40.1 Å². The first-order chi connectivity index (χ1) is 16.6. The largest absolute Gasteiger partial charge is 0.462 e. The number of nitrogens with zero attached hydrogens (tertiary/aromatic N) is 2. The van der Waals surface area contributed by atoms with Gasteiger partial charge in [-0.3, -0.25) is 10.2 Å². The van der Waals surface area contributed by atoms with Crippen LogP contribution in [0.1, 0.15) is 52.9 Å². The van der Waals surface area contributed by atoms with Crippen molar-refractivity contribution in [1.82, 2.24) is 14.8 Å². The van der Waals surface area contributed by atoms with Crippen LogP contribution in [0.2, 0.25) is 0 Å². The minimum absolute atomic E-state index is 0.245. The Bertz CT molecular complexity index is 1090. The first kappa shape index (κ1) is 23.5. The number of carbonyl (C=O) groups excluding carboxylic acids is 2. The zero-order chi connectivity index (χ0) is 23.7. The third-order valence-electron chi connectivity index (χ3n) is 6.96. The predicted octanol–water partition coefficient (Wildman–Crippen LogP) is 4.88. The molecule has 4 heterocycles. The molecule has 0 radical (unpaired) electrons. The molecular weight excluding hydrogens is 468 g/mol. The quantitative estimate of drug-likeness (QED) is 0.530. The molecule has 0 fully saturated rings. The average molecular weight is 501 g/mol. The molecule has 34 heavy (non-hydrogen) atoms. The summed E-state index contributed by atoms with van der Waals surface area (Å²) in [4.78, 5) is 30.7. The van der Waals surface area contributed by atoms with Crippen molar-refractivity contribution in [2.24, 2.45) is 5.92 Å². The molecule has 0 saturated carbocycles. The van der Waals surface area contributed by atoms with Crippen molar-refractivity contribution in [3.05, 3.63) is 51.0 Å². The summed E-state index contributed by atoms with van der Waals surface area (Å²) in [5, 5.41) is 6.95. The number of likely N-dealkylation sites (N-methyl/N-ethyl adjacent to an activating group) is 1. The maximum Gasteiger partial charge on any atom is 0.341 e. The Morgan fingerprint density at radius 1 is 1.18 bits per heavy atom. The fourth-order valence-corrected chi connectivity index (χ4v) is 8.16. The van der Waals surface area contributed by atoms with Gasteiger partial charge in [0.1, 0.15) is 5.00 Å². The monoisotopic (exact) mass is 500 g/mol. The van der Waals surface area contributed by atoms with Crippen LogP contribution >= 0.6 is 23.1 Å². The van der Waals surface area contributed by atoms with E-state index in [1.807, 2.05) is 11.8 Å². The third kappa shape index (κ3) is 4.53. The summed E-state index contributed by atoms with van der Waals surface area (Å²) in [6.45, 7) is 8.03. The molecule has 2 N–H and O–H groups in total. The molecule has 0 saturated heterocycles. The lowest BCUT2D eigenvalue weighted by Gasteiger charge is -2.28. The Balaban J connectivity index is 1.30. The van der Waals surface area contributed by atoms with E-state index in [2.05, 4.69) is 51.6 Å². The van der Waals surface area contributed by atoms with Crippen LogP contribution in [-0.2, 0) is 17.6 Å². The minimum Gasteiger partial charge on any atom is -0.462 e. The van der Waals surface area contributed by atoms with Crippen molar-refractivity contribution in [2.75, 3.05) is 38.1 Å². The van der Waals surface area contributed by atoms with Gasteiger partial charge in [0.2, 0.25) is 0 Å². The number of nitrogens with one attached hydrogen (secondary N) is 2. The molecule has 0 bridgehead atoms. The normalized spacial score (nSPS) is 21.9. The standard InChI is InChI=1S/C25H32N4O3S2/c1-3-28-13-10-16-18(23(34-20(16)15-28)29-11-5-6-12-29)14-26-25(31)27-22-21(24(30)32-4-2)17-8-7-9-19(17)33-22/h5-6,11-12,18,23H,3-4,7-10,13-15H2,1-2H3,(H2,26,27,31). The fourth-order valence-electron chi connectivity index (χ4n) is 5.25. The lowest BCUT2D eigenvalue weighted by Crippen LogP contribution is -2.37. The Morgan fingerprint density at radius 2 is 2.00 bits per heavy atom. The number of esters is 1. The second-order valence-electron chi connectivity index (χ2n) is 8.93. The van der Waals surface area contributed by atoms with Gasteiger partial charge in [0.05, 0.1) is 17.5 Å². The summed E-state index contributed by atoms with van der Waals surface area (Å²) < 4.78 is 7.54. The highest BCUT2D eigenvalue weighted by atomic mass is 32.2. The van der Waals surface area contributed by atoms with Crippen LogP contribution < -0.4 is 10.6 Å². The summed E-state index contributed by atoms with van der Waals surface area (Å²) in [7, 11) is 0. The number of rotatable bonds is 7. The number of aryl methyl sites for hydroxylation is 1. The van der Waals surface area contributed by atoms with Gasteiger partial charge in [-0.15, -0.1) is 23.1 Å². The molecule has 9 heteroatoms. The van der Waals surface area contributed by atoms with Gasteiger partial charge >= 0.3 is 12.0 Å². The average Bonchev–Trinajstić information content (AvgIpc) is 3.60. The van der Waals surface area contributed by atoms with Gasteiger partial charge in [-0.2, -0.15) is 0 Å². The smallest absolute Gasteiger partial charge is 0.341 e. The summed E-state index contributed by atoms with van der Waals surface area (Å²) >= 11 is 3.45. The molecule has 5 rings (SSSR count). The molecule has 0 spiro atoms. The van der Waals surface area contributed by atoms with Gasteiger partial charge < -0.3 is 14.6 Å². The molecule has 2 aromatic heterocycles. The molecule has 1 aliphatic carbocycles. The number of fused-ring (bicyclic) bond motifs is 1. The van der Waals surface area contributed by atoms with Crippen molar-refractivity contribution < 1.29 is 14.3 Å². The van der Waals surface area contributed by atoms with Crippen LogP contribution in [0.5, 0.6) is 0 Å². The van der Waals surface area contributed by atoms with Gasteiger partial charge in [-0.05, 0) is 56.8 Å². The van der Waals surface area contributed by atoms with E-state index < -0.39 is 0 Å². The number of thioether (sulfide) groups is 1. The number of anilines is 1.